The maximum absolute atomic E-state index is 13.6. The number of rotatable bonds is 9. The van der Waals surface area contributed by atoms with Crippen LogP contribution in [0, 0.1) is 0 Å². The summed E-state index contributed by atoms with van der Waals surface area (Å²) in [6, 6.07) is 17.7. The third-order valence-corrected chi connectivity index (χ3v) is 6.94. The number of halogens is 2. The lowest BCUT2D eigenvalue weighted by Crippen LogP contribution is -2.48. The van der Waals surface area contributed by atoms with Gasteiger partial charge in [0.2, 0.25) is 5.95 Å². The third kappa shape index (κ3) is 6.90. The van der Waals surface area contributed by atoms with E-state index >= 15 is 0 Å². The van der Waals surface area contributed by atoms with Crippen LogP contribution in [0.25, 0.3) is 11.1 Å². The zero-order valence-electron chi connectivity index (χ0n) is 22.1. The first-order valence-corrected chi connectivity index (χ1v) is 13.2. The molecule has 1 fully saturated rings. The van der Waals surface area contributed by atoms with Crippen molar-refractivity contribution in [3.63, 3.8) is 0 Å². The highest BCUT2D eigenvalue weighted by atomic mass is 19.3. The van der Waals surface area contributed by atoms with Gasteiger partial charge in [0.05, 0.1) is 18.6 Å². The molecule has 0 bridgehead atoms. The van der Waals surface area contributed by atoms with Crippen LogP contribution in [0.1, 0.15) is 31.2 Å². The Kier molecular flexibility index (Phi) is 8.48. The molecule has 0 unspecified atom stereocenters. The van der Waals surface area contributed by atoms with Crippen LogP contribution in [0.15, 0.2) is 79.4 Å². The topological polar surface area (TPSA) is 97.2 Å². The molecule has 0 radical (unpaired) electrons. The van der Waals surface area contributed by atoms with E-state index in [1.807, 2.05) is 78.9 Å². The van der Waals surface area contributed by atoms with Gasteiger partial charge in [0, 0.05) is 43.1 Å². The number of nitrogens with one attached hydrogen (secondary N) is 2. The zero-order chi connectivity index (χ0) is 27.9. The smallest absolute Gasteiger partial charge is 0.387 e. The third-order valence-electron chi connectivity index (χ3n) is 6.94. The number of ether oxygens (including phenoxy) is 1. The molecule has 2 aromatic carbocycles. The second kappa shape index (κ2) is 12.5. The van der Waals surface area contributed by atoms with Gasteiger partial charge in [-0.25, -0.2) is 14.8 Å². The van der Waals surface area contributed by atoms with Gasteiger partial charge < -0.3 is 15.4 Å². The summed E-state index contributed by atoms with van der Waals surface area (Å²) in [7, 11) is 1.88. The van der Waals surface area contributed by atoms with E-state index in [0.717, 1.165) is 48.1 Å². The second-order valence-electron chi connectivity index (χ2n) is 9.73. The fourth-order valence-corrected chi connectivity index (χ4v) is 4.95. The van der Waals surface area contributed by atoms with Gasteiger partial charge >= 0.3 is 12.6 Å². The van der Waals surface area contributed by atoms with Crippen molar-refractivity contribution in [1.29, 1.82) is 0 Å². The lowest BCUT2D eigenvalue weighted by molar-refractivity contribution is -0.0503. The molecule has 5 rings (SSSR count). The van der Waals surface area contributed by atoms with E-state index in [-0.39, 0.29) is 23.9 Å². The number of urea groups is 1. The van der Waals surface area contributed by atoms with E-state index in [9.17, 15) is 13.6 Å². The molecule has 1 aliphatic carbocycles. The van der Waals surface area contributed by atoms with Gasteiger partial charge in [0.25, 0.3) is 0 Å². The zero-order valence-corrected chi connectivity index (χ0v) is 22.1. The van der Waals surface area contributed by atoms with Gasteiger partial charge in [-0.3, -0.25) is 9.58 Å². The summed E-state index contributed by atoms with van der Waals surface area (Å²) >= 11 is 0. The van der Waals surface area contributed by atoms with Crippen molar-refractivity contribution in [2.75, 3.05) is 10.2 Å². The largest absolute Gasteiger partial charge is 0.432 e. The Morgan fingerprint density at radius 2 is 1.70 bits per heavy atom. The van der Waals surface area contributed by atoms with Gasteiger partial charge in [-0.1, -0.05) is 42.5 Å². The van der Waals surface area contributed by atoms with Crippen molar-refractivity contribution in [1.82, 2.24) is 25.1 Å². The number of alkyl halides is 2. The summed E-state index contributed by atoms with van der Waals surface area (Å²) in [5, 5.41) is 10.6. The molecule has 4 aromatic rings. The summed E-state index contributed by atoms with van der Waals surface area (Å²) in [5.41, 5.74) is 3.89. The van der Waals surface area contributed by atoms with Crippen LogP contribution < -0.4 is 20.3 Å². The molecule has 1 aliphatic rings. The maximum Gasteiger partial charge on any atom is 0.387 e. The average Bonchev–Trinajstić information content (AvgIpc) is 3.41. The van der Waals surface area contributed by atoms with Crippen LogP contribution in [0.3, 0.4) is 0 Å². The Hall–Kier alpha value is -4.54. The first-order valence-electron chi connectivity index (χ1n) is 13.2. The molecular weight excluding hydrogens is 516 g/mol. The number of carbonyl (C=O) groups is 1. The highest BCUT2D eigenvalue weighted by Crippen LogP contribution is 2.31. The van der Waals surface area contributed by atoms with E-state index in [2.05, 4.69) is 30.4 Å². The van der Waals surface area contributed by atoms with Crippen LogP contribution in [0.5, 0.6) is 5.75 Å². The number of benzene rings is 2. The van der Waals surface area contributed by atoms with Crippen LogP contribution in [0.2, 0.25) is 0 Å². The normalized spacial score (nSPS) is 16.9. The number of amides is 2. The first kappa shape index (κ1) is 27.0. The number of hydrogen-bond donors (Lipinski definition) is 2. The van der Waals surface area contributed by atoms with Crippen LogP contribution in [0.4, 0.5) is 25.2 Å². The van der Waals surface area contributed by atoms with E-state index < -0.39 is 6.61 Å². The number of carbonyl (C=O) groups excluding carboxylic acids is 1. The Morgan fingerprint density at radius 3 is 2.33 bits per heavy atom. The van der Waals surface area contributed by atoms with E-state index in [1.54, 1.807) is 4.68 Å². The minimum atomic E-state index is -2.92. The fourth-order valence-electron chi connectivity index (χ4n) is 4.95. The highest BCUT2D eigenvalue weighted by molar-refractivity contribution is 5.93. The predicted molar refractivity (Wildman–Crippen MR) is 148 cm³/mol. The molecule has 11 heteroatoms. The molecule has 2 heterocycles. The number of aryl methyl sites for hydroxylation is 1. The molecule has 2 amide bonds. The van der Waals surface area contributed by atoms with E-state index in [4.69, 9.17) is 0 Å². The molecule has 1 saturated carbocycles. The summed E-state index contributed by atoms with van der Waals surface area (Å²) in [6.45, 7) is -2.49. The maximum atomic E-state index is 13.6. The number of hydrogen-bond acceptors (Lipinski definition) is 6. The molecule has 9 nitrogen and oxygen atoms in total. The molecule has 0 spiro atoms. The second-order valence-corrected chi connectivity index (χ2v) is 9.73. The standard InChI is InChI=1S/C29H31F2N7O2/c1-37-19-22(16-35-37)21-7-11-24(12-8-21)38(29(39)34-15-20-5-3-2-4-6-20)25-13-9-23(10-14-25)36-28-32-17-26(18-33-28)40-27(30)31/h2-8,11-12,16-19,23,25,27H,9-10,13-15H2,1H3,(H,34,39)(H,32,33,36)/t23-,25-. The summed E-state index contributed by atoms with van der Waals surface area (Å²) < 4.78 is 30.8. The van der Waals surface area contributed by atoms with Crippen molar-refractivity contribution in [3.05, 3.63) is 84.9 Å². The lowest BCUT2D eigenvalue weighted by Gasteiger charge is -2.37. The van der Waals surface area contributed by atoms with Crippen molar-refractivity contribution in [3.8, 4) is 16.9 Å². The Bertz CT molecular complexity index is 1370. The highest BCUT2D eigenvalue weighted by Gasteiger charge is 2.30. The molecule has 0 saturated heterocycles. The minimum absolute atomic E-state index is 0.000742. The van der Waals surface area contributed by atoms with E-state index in [0.29, 0.717) is 12.5 Å². The minimum Gasteiger partial charge on any atom is -0.432 e. The van der Waals surface area contributed by atoms with Crippen LogP contribution in [-0.4, -0.2) is 44.5 Å². The summed E-state index contributed by atoms with van der Waals surface area (Å²) in [4.78, 5) is 23.6. The lowest BCUT2D eigenvalue weighted by atomic mass is 9.90. The van der Waals surface area contributed by atoms with Gasteiger partial charge in [0.1, 0.15) is 0 Å². The monoisotopic (exact) mass is 547 g/mol. The summed E-state index contributed by atoms with van der Waals surface area (Å²) in [5.74, 6) is 0.268. The van der Waals surface area contributed by atoms with Crippen molar-refractivity contribution in [2.45, 2.75) is 50.9 Å². The Morgan fingerprint density at radius 1 is 1.00 bits per heavy atom. The van der Waals surface area contributed by atoms with E-state index in [1.165, 1.54) is 12.4 Å². The molecular formula is C29H31F2N7O2. The SMILES string of the molecule is Cn1cc(-c2ccc(N(C(=O)NCc3ccccc3)[C@H]3CC[C@H](Nc4ncc(OC(F)F)cn4)CC3)cc2)cn1. The van der Waals surface area contributed by atoms with Gasteiger partial charge in [0.15, 0.2) is 5.75 Å². The van der Waals surface area contributed by atoms with Crippen LogP contribution in [-0.2, 0) is 13.6 Å². The molecule has 2 N–H and O–H groups in total. The quantitative estimate of drug-likeness (QED) is 0.282. The van der Waals surface area contributed by atoms with Gasteiger partial charge in [-0.2, -0.15) is 13.9 Å². The number of anilines is 2. The van der Waals surface area contributed by atoms with Gasteiger partial charge in [-0.15, -0.1) is 0 Å². The molecule has 2 aromatic heterocycles. The molecule has 0 aliphatic heterocycles. The average molecular weight is 548 g/mol. The number of aromatic nitrogens is 4. The molecule has 0 atom stereocenters. The van der Waals surface area contributed by atoms with Crippen molar-refractivity contribution < 1.29 is 18.3 Å². The molecule has 208 valence electrons. The predicted octanol–water partition coefficient (Wildman–Crippen LogP) is 5.62. The Labute approximate surface area is 231 Å². The first-order chi connectivity index (χ1) is 19.4. The fraction of sp³-hybridized carbons (Fsp3) is 0.310. The summed E-state index contributed by atoms with van der Waals surface area (Å²) in [6.07, 6.45) is 9.34. The number of nitrogens with zero attached hydrogens (tertiary/aromatic N) is 5. The van der Waals surface area contributed by atoms with Crippen molar-refractivity contribution in [2.24, 2.45) is 7.05 Å². The van der Waals surface area contributed by atoms with Crippen LogP contribution >= 0.6 is 0 Å². The van der Waals surface area contributed by atoms with Gasteiger partial charge in [-0.05, 0) is 48.9 Å². The van der Waals surface area contributed by atoms with Crippen molar-refractivity contribution >= 4 is 17.7 Å². The molecule has 40 heavy (non-hydrogen) atoms. The Balaban J connectivity index is 1.26.